The molecule has 0 aliphatic heterocycles. The summed E-state index contributed by atoms with van der Waals surface area (Å²) >= 11 is 0. The molecule has 0 bridgehead atoms. The minimum Gasteiger partial charge on any atom is -0.395 e. The fraction of sp³-hybridized carbons (Fsp3) is 0.250. The highest BCUT2D eigenvalue weighted by molar-refractivity contribution is 5.81. The van der Waals surface area contributed by atoms with Gasteiger partial charge in [0.05, 0.1) is 6.61 Å². The molecule has 0 radical (unpaired) electrons. The van der Waals surface area contributed by atoms with Gasteiger partial charge in [0.15, 0.2) is 0 Å². The number of aliphatic hydroxyl groups excluding tert-OH is 1. The second-order valence-electron chi connectivity index (χ2n) is 3.60. The van der Waals surface area contributed by atoms with E-state index in [1.54, 1.807) is 6.07 Å². The Morgan fingerprint density at radius 2 is 2.12 bits per heavy atom. The summed E-state index contributed by atoms with van der Waals surface area (Å²) in [5, 5.41) is 12.8. The normalized spacial score (nSPS) is 10.8. The van der Waals surface area contributed by atoms with E-state index in [1.807, 2.05) is 24.3 Å². The first-order valence-electron chi connectivity index (χ1n) is 5.24. The van der Waals surface area contributed by atoms with Gasteiger partial charge in [-0.15, -0.1) is 0 Å². The molecule has 0 amide bonds. The number of hydrogen-bond donors (Lipinski definition) is 3. The van der Waals surface area contributed by atoms with Crippen molar-refractivity contribution in [2.75, 3.05) is 13.2 Å². The second-order valence-corrected chi connectivity index (χ2v) is 3.60. The molecule has 2 rings (SSSR count). The van der Waals surface area contributed by atoms with Gasteiger partial charge in [-0.25, -0.2) is 0 Å². The summed E-state index contributed by atoms with van der Waals surface area (Å²) in [6, 6.07) is 9.28. The van der Waals surface area contributed by atoms with E-state index < -0.39 is 0 Å². The molecule has 3 N–H and O–H groups in total. The Bertz CT molecular complexity index is 534. The summed E-state index contributed by atoms with van der Waals surface area (Å²) in [6.07, 6.45) is 0. The van der Waals surface area contributed by atoms with Gasteiger partial charge in [0.1, 0.15) is 0 Å². The zero-order valence-corrected chi connectivity index (χ0v) is 8.86. The molecular formula is C12H14N2O2. The van der Waals surface area contributed by atoms with Gasteiger partial charge in [0.2, 0.25) is 5.56 Å². The maximum Gasteiger partial charge on any atom is 0.248 e. The lowest BCUT2D eigenvalue weighted by atomic mass is 10.1. The molecule has 0 aliphatic carbocycles. The van der Waals surface area contributed by atoms with Crippen LogP contribution < -0.4 is 10.9 Å². The predicted octanol–water partition coefficient (Wildman–Crippen LogP) is 0.610. The zero-order chi connectivity index (χ0) is 11.4. The molecule has 0 saturated carbocycles. The largest absolute Gasteiger partial charge is 0.395 e. The van der Waals surface area contributed by atoms with Crippen LogP contribution in [-0.4, -0.2) is 23.2 Å². The van der Waals surface area contributed by atoms with Gasteiger partial charge in [-0.3, -0.25) is 4.79 Å². The van der Waals surface area contributed by atoms with Crippen molar-refractivity contribution in [2.24, 2.45) is 0 Å². The maximum atomic E-state index is 11.4. The third-order valence-electron chi connectivity index (χ3n) is 2.44. The van der Waals surface area contributed by atoms with Crippen molar-refractivity contribution in [1.29, 1.82) is 0 Å². The van der Waals surface area contributed by atoms with Crippen LogP contribution in [-0.2, 0) is 6.54 Å². The van der Waals surface area contributed by atoms with Gasteiger partial charge in [0, 0.05) is 30.1 Å². The van der Waals surface area contributed by atoms with E-state index in [-0.39, 0.29) is 12.2 Å². The molecule has 4 nitrogen and oxygen atoms in total. The van der Waals surface area contributed by atoms with Crippen LogP contribution in [0.3, 0.4) is 0 Å². The number of fused-ring (bicyclic) bond motifs is 1. The second kappa shape index (κ2) is 4.92. The van der Waals surface area contributed by atoms with E-state index >= 15 is 0 Å². The molecule has 1 aromatic carbocycles. The first kappa shape index (κ1) is 10.9. The first-order chi connectivity index (χ1) is 7.81. The van der Waals surface area contributed by atoms with Gasteiger partial charge >= 0.3 is 0 Å². The van der Waals surface area contributed by atoms with Crippen LogP contribution in [0, 0.1) is 0 Å². The number of pyridine rings is 1. The Balaban J connectivity index is 2.38. The summed E-state index contributed by atoms with van der Waals surface area (Å²) in [7, 11) is 0. The number of aromatic nitrogens is 1. The van der Waals surface area contributed by atoms with Crippen LogP contribution in [0.25, 0.3) is 10.9 Å². The Morgan fingerprint density at radius 3 is 2.94 bits per heavy atom. The number of hydrogen-bond acceptors (Lipinski definition) is 3. The highest BCUT2D eigenvalue weighted by atomic mass is 16.3. The molecule has 0 unspecified atom stereocenters. The monoisotopic (exact) mass is 218 g/mol. The molecule has 0 fully saturated rings. The van der Waals surface area contributed by atoms with Gasteiger partial charge in [0.25, 0.3) is 0 Å². The lowest BCUT2D eigenvalue weighted by molar-refractivity contribution is 0.292. The van der Waals surface area contributed by atoms with Crippen LogP contribution in [0.4, 0.5) is 0 Å². The van der Waals surface area contributed by atoms with Gasteiger partial charge in [-0.05, 0) is 11.6 Å². The van der Waals surface area contributed by atoms with Crippen molar-refractivity contribution >= 4 is 10.9 Å². The molecule has 0 atom stereocenters. The number of rotatable bonds is 4. The standard InChI is InChI=1S/C12H14N2O2/c15-6-5-13-8-9-7-12(16)14-11-4-2-1-3-10(9)11/h1-4,7,13,15H,5-6,8H2,(H,14,16). The van der Waals surface area contributed by atoms with E-state index in [9.17, 15) is 4.79 Å². The van der Waals surface area contributed by atoms with Crippen LogP contribution in [0.1, 0.15) is 5.56 Å². The lowest BCUT2D eigenvalue weighted by Crippen LogP contribution is -2.19. The Kier molecular flexibility index (Phi) is 3.34. The Labute approximate surface area is 92.9 Å². The number of aliphatic hydroxyl groups is 1. The molecule has 16 heavy (non-hydrogen) atoms. The number of nitrogens with one attached hydrogen (secondary N) is 2. The minimum absolute atomic E-state index is 0.0977. The number of benzene rings is 1. The van der Waals surface area contributed by atoms with E-state index in [0.717, 1.165) is 16.5 Å². The highest BCUT2D eigenvalue weighted by Gasteiger charge is 2.01. The SMILES string of the molecule is O=c1cc(CNCCO)c2ccccc2[nH]1. The molecule has 0 spiro atoms. The summed E-state index contributed by atoms with van der Waals surface area (Å²) in [5.74, 6) is 0. The van der Waals surface area contributed by atoms with E-state index in [4.69, 9.17) is 5.11 Å². The highest BCUT2D eigenvalue weighted by Crippen LogP contribution is 2.13. The van der Waals surface area contributed by atoms with Crippen LogP contribution in [0.5, 0.6) is 0 Å². The van der Waals surface area contributed by atoms with Gasteiger partial charge in [-0.1, -0.05) is 18.2 Å². The fourth-order valence-corrected chi connectivity index (χ4v) is 1.73. The minimum atomic E-state index is -0.0977. The number of H-pyrrole nitrogens is 1. The Hall–Kier alpha value is -1.65. The average Bonchev–Trinajstić information content (AvgIpc) is 2.29. The predicted molar refractivity (Wildman–Crippen MR) is 63.4 cm³/mol. The van der Waals surface area contributed by atoms with E-state index in [0.29, 0.717) is 13.1 Å². The number of para-hydroxylation sites is 1. The van der Waals surface area contributed by atoms with Crippen molar-refractivity contribution in [3.05, 3.63) is 46.2 Å². The molecule has 1 aromatic heterocycles. The smallest absolute Gasteiger partial charge is 0.248 e. The average molecular weight is 218 g/mol. The lowest BCUT2D eigenvalue weighted by Gasteiger charge is -2.06. The zero-order valence-electron chi connectivity index (χ0n) is 8.86. The van der Waals surface area contributed by atoms with Crippen molar-refractivity contribution in [1.82, 2.24) is 10.3 Å². The van der Waals surface area contributed by atoms with Crippen molar-refractivity contribution in [2.45, 2.75) is 6.54 Å². The van der Waals surface area contributed by atoms with Crippen molar-refractivity contribution in [3.63, 3.8) is 0 Å². The summed E-state index contributed by atoms with van der Waals surface area (Å²) in [4.78, 5) is 14.2. The first-order valence-corrected chi connectivity index (χ1v) is 5.24. The molecule has 0 aliphatic rings. The third kappa shape index (κ3) is 2.29. The topological polar surface area (TPSA) is 65.1 Å². The van der Waals surface area contributed by atoms with Crippen molar-refractivity contribution in [3.8, 4) is 0 Å². The molecule has 1 heterocycles. The maximum absolute atomic E-state index is 11.4. The van der Waals surface area contributed by atoms with Crippen LogP contribution in [0.2, 0.25) is 0 Å². The third-order valence-corrected chi connectivity index (χ3v) is 2.44. The van der Waals surface area contributed by atoms with Gasteiger partial charge < -0.3 is 15.4 Å². The Morgan fingerprint density at radius 1 is 1.31 bits per heavy atom. The number of aromatic amines is 1. The molecule has 0 saturated heterocycles. The van der Waals surface area contributed by atoms with E-state index in [2.05, 4.69) is 10.3 Å². The molecule has 4 heteroatoms. The summed E-state index contributed by atoms with van der Waals surface area (Å²) in [6.45, 7) is 1.22. The van der Waals surface area contributed by atoms with Crippen molar-refractivity contribution < 1.29 is 5.11 Å². The quantitative estimate of drug-likeness (QED) is 0.659. The molecular weight excluding hydrogens is 204 g/mol. The van der Waals surface area contributed by atoms with E-state index in [1.165, 1.54) is 0 Å². The molecule has 2 aromatic rings. The molecule has 84 valence electrons. The van der Waals surface area contributed by atoms with Gasteiger partial charge in [-0.2, -0.15) is 0 Å². The van der Waals surface area contributed by atoms with Crippen LogP contribution >= 0.6 is 0 Å². The fourth-order valence-electron chi connectivity index (χ4n) is 1.73. The summed E-state index contributed by atoms with van der Waals surface area (Å²) < 4.78 is 0. The van der Waals surface area contributed by atoms with Crippen LogP contribution in [0.15, 0.2) is 35.1 Å². The summed E-state index contributed by atoms with van der Waals surface area (Å²) in [5.41, 5.74) is 1.70.